The number of hydrogen-bond donors (Lipinski definition) is 2. The molecule has 6 nitrogen and oxygen atoms in total. The van der Waals surface area contributed by atoms with E-state index in [9.17, 15) is 19.5 Å². The maximum atomic E-state index is 13.8. The first-order chi connectivity index (χ1) is 14.4. The van der Waals surface area contributed by atoms with Crippen molar-refractivity contribution in [2.24, 2.45) is 5.41 Å². The summed E-state index contributed by atoms with van der Waals surface area (Å²) in [6.07, 6.45) is 0.0251. The predicted molar refractivity (Wildman–Crippen MR) is 116 cm³/mol. The van der Waals surface area contributed by atoms with Crippen molar-refractivity contribution >= 4 is 40.6 Å². The van der Waals surface area contributed by atoms with E-state index in [1.54, 1.807) is 30.3 Å². The van der Waals surface area contributed by atoms with Gasteiger partial charge in [-0.3, -0.25) is 14.4 Å². The van der Waals surface area contributed by atoms with Gasteiger partial charge in [0.1, 0.15) is 5.75 Å². The Hall–Kier alpha value is -2.84. The molecule has 2 N–H and O–H groups in total. The number of amides is 2. The molecule has 0 radical (unpaired) electrons. The topological polar surface area (TPSA) is 90.5 Å². The number of nitrogens with one attached hydrogen (secondary N) is 1. The van der Waals surface area contributed by atoms with Gasteiger partial charge in [-0.15, -0.1) is 11.8 Å². The van der Waals surface area contributed by atoms with E-state index in [1.807, 2.05) is 25.1 Å². The van der Waals surface area contributed by atoms with Crippen molar-refractivity contribution in [3.63, 3.8) is 0 Å². The van der Waals surface area contributed by atoms with Crippen molar-refractivity contribution in [1.82, 2.24) is 4.98 Å². The molecule has 8 heteroatoms. The number of para-hydroxylation sites is 1. The number of nitrogens with zero attached hydrogens (tertiary/aromatic N) is 1. The van der Waals surface area contributed by atoms with Crippen LogP contribution in [0.1, 0.15) is 28.3 Å². The van der Waals surface area contributed by atoms with E-state index in [2.05, 4.69) is 4.98 Å². The number of thiazole rings is 1. The molecule has 30 heavy (non-hydrogen) atoms. The lowest BCUT2D eigenvalue weighted by Gasteiger charge is -2.38. The van der Waals surface area contributed by atoms with E-state index in [1.165, 1.54) is 16.7 Å². The molecular formula is C22H18N2O4S2. The van der Waals surface area contributed by atoms with Crippen LogP contribution in [0.4, 0.5) is 5.69 Å². The number of aromatic amines is 1. The second-order valence-electron chi connectivity index (χ2n) is 7.69. The SMILES string of the molecule is Cc1cccc(N2C(=O)C[C@]3(CSc4[nH]c(=O)sc4[C@@H]3c3ccccc3O)C2=O)c1. The Labute approximate surface area is 180 Å². The van der Waals surface area contributed by atoms with Gasteiger partial charge in [-0.25, -0.2) is 4.90 Å². The molecule has 3 aromatic rings. The van der Waals surface area contributed by atoms with E-state index in [4.69, 9.17) is 0 Å². The van der Waals surface area contributed by atoms with Gasteiger partial charge in [-0.2, -0.15) is 0 Å². The van der Waals surface area contributed by atoms with Gasteiger partial charge >= 0.3 is 4.87 Å². The fourth-order valence-corrected chi connectivity index (χ4v) is 7.01. The standard InChI is InChI=1S/C22H18N2O4S2/c1-12-5-4-6-13(9-12)24-16(26)10-22(20(24)27)11-29-19-18(30-21(28)23-19)17(22)14-7-2-3-8-15(14)25/h2-9,17,25H,10-11H2,1H3,(H,23,28)/t17-,22+/m0/s1. The van der Waals surface area contributed by atoms with Gasteiger partial charge in [0.2, 0.25) is 11.8 Å². The lowest BCUT2D eigenvalue weighted by atomic mass is 9.70. The molecular weight excluding hydrogens is 420 g/mol. The van der Waals surface area contributed by atoms with Crippen molar-refractivity contribution in [2.45, 2.75) is 24.3 Å². The number of aromatic nitrogens is 1. The van der Waals surface area contributed by atoms with E-state index < -0.39 is 11.3 Å². The zero-order valence-electron chi connectivity index (χ0n) is 16.0. The van der Waals surface area contributed by atoms with Crippen molar-refractivity contribution in [1.29, 1.82) is 0 Å². The highest BCUT2D eigenvalue weighted by molar-refractivity contribution is 7.99. The fourth-order valence-electron chi connectivity index (χ4n) is 4.46. The van der Waals surface area contributed by atoms with E-state index >= 15 is 0 Å². The van der Waals surface area contributed by atoms with Gasteiger partial charge in [0.15, 0.2) is 0 Å². The summed E-state index contributed by atoms with van der Waals surface area (Å²) >= 11 is 2.43. The van der Waals surface area contributed by atoms with E-state index in [0.29, 0.717) is 26.9 Å². The van der Waals surface area contributed by atoms with Gasteiger partial charge in [-0.1, -0.05) is 41.7 Å². The number of phenols is 1. The molecule has 1 saturated heterocycles. The average Bonchev–Trinajstić information content (AvgIpc) is 3.19. The summed E-state index contributed by atoms with van der Waals surface area (Å²) in [4.78, 5) is 43.7. The molecule has 152 valence electrons. The van der Waals surface area contributed by atoms with Crippen LogP contribution in [0.15, 0.2) is 58.4 Å². The summed E-state index contributed by atoms with van der Waals surface area (Å²) in [6, 6.07) is 14.1. The zero-order chi connectivity index (χ0) is 21.0. The summed E-state index contributed by atoms with van der Waals surface area (Å²) in [6.45, 7) is 1.91. The second-order valence-corrected chi connectivity index (χ2v) is 9.69. The van der Waals surface area contributed by atoms with Crippen LogP contribution >= 0.6 is 23.1 Å². The normalized spacial score (nSPS) is 23.2. The first-order valence-electron chi connectivity index (χ1n) is 9.48. The number of fused-ring (bicyclic) bond motifs is 1. The molecule has 1 spiro atoms. The van der Waals surface area contributed by atoms with Crippen LogP contribution in [0.3, 0.4) is 0 Å². The number of anilines is 1. The highest BCUT2D eigenvalue weighted by Crippen LogP contribution is 2.58. The quantitative estimate of drug-likeness (QED) is 0.596. The number of rotatable bonds is 2. The summed E-state index contributed by atoms with van der Waals surface area (Å²) in [7, 11) is 0. The Kier molecular flexibility index (Phi) is 4.37. The monoisotopic (exact) mass is 438 g/mol. The molecule has 2 aliphatic rings. The van der Waals surface area contributed by atoms with Gasteiger partial charge < -0.3 is 10.1 Å². The van der Waals surface area contributed by atoms with Crippen molar-refractivity contribution in [2.75, 3.05) is 10.7 Å². The third kappa shape index (κ3) is 2.74. The smallest absolute Gasteiger partial charge is 0.305 e. The van der Waals surface area contributed by atoms with Gasteiger partial charge in [0, 0.05) is 28.5 Å². The Morgan fingerprint density at radius 1 is 1.13 bits per heavy atom. The molecule has 2 aliphatic heterocycles. The lowest BCUT2D eigenvalue weighted by Crippen LogP contribution is -2.43. The number of imide groups is 1. The number of hydrogen-bond acceptors (Lipinski definition) is 6. The van der Waals surface area contributed by atoms with Crippen LogP contribution in [0.2, 0.25) is 0 Å². The summed E-state index contributed by atoms with van der Waals surface area (Å²) < 4.78 is 0. The average molecular weight is 439 g/mol. The lowest BCUT2D eigenvalue weighted by molar-refractivity contribution is -0.125. The van der Waals surface area contributed by atoms with Crippen LogP contribution in [-0.4, -0.2) is 27.7 Å². The number of carbonyl (C=O) groups is 2. The molecule has 1 aromatic heterocycles. The van der Waals surface area contributed by atoms with Gasteiger partial charge in [0.05, 0.1) is 16.1 Å². The number of H-pyrrole nitrogens is 1. The minimum absolute atomic E-state index is 0.0251. The molecule has 0 unspecified atom stereocenters. The number of phenolic OH excluding ortho intramolecular Hbond substituents is 1. The summed E-state index contributed by atoms with van der Waals surface area (Å²) in [5.41, 5.74) is 0.996. The zero-order valence-corrected chi connectivity index (χ0v) is 17.7. The summed E-state index contributed by atoms with van der Waals surface area (Å²) in [5, 5.41) is 11.3. The fraction of sp³-hybridized carbons (Fsp3) is 0.227. The van der Waals surface area contributed by atoms with Crippen LogP contribution in [0.5, 0.6) is 5.75 Å². The van der Waals surface area contributed by atoms with Crippen LogP contribution in [-0.2, 0) is 9.59 Å². The van der Waals surface area contributed by atoms with Crippen molar-refractivity contribution in [3.05, 3.63) is 74.2 Å². The Balaban J connectivity index is 1.70. The molecule has 5 rings (SSSR count). The third-order valence-corrected chi connectivity index (χ3v) is 8.13. The summed E-state index contributed by atoms with van der Waals surface area (Å²) in [5.74, 6) is -0.734. The molecule has 2 amide bonds. The molecule has 2 aromatic carbocycles. The number of thioether (sulfide) groups is 1. The number of benzene rings is 2. The minimum atomic E-state index is -1.07. The molecule has 2 atom stereocenters. The Morgan fingerprint density at radius 2 is 1.93 bits per heavy atom. The van der Waals surface area contributed by atoms with Gasteiger partial charge in [-0.05, 0) is 30.7 Å². The Bertz CT molecular complexity index is 1250. The molecule has 3 heterocycles. The van der Waals surface area contributed by atoms with Crippen LogP contribution in [0.25, 0.3) is 0 Å². The van der Waals surface area contributed by atoms with E-state index in [-0.39, 0.29) is 28.9 Å². The first-order valence-corrected chi connectivity index (χ1v) is 11.3. The highest BCUT2D eigenvalue weighted by atomic mass is 32.2. The van der Waals surface area contributed by atoms with Crippen molar-refractivity contribution < 1.29 is 14.7 Å². The molecule has 0 saturated carbocycles. The molecule has 0 bridgehead atoms. The number of carbonyl (C=O) groups excluding carboxylic acids is 2. The predicted octanol–water partition coefficient (Wildman–Crippen LogP) is 3.64. The third-order valence-electron chi connectivity index (χ3n) is 5.78. The Morgan fingerprint density at radius 3 is 2.70 bits per heavy atom. The number of aryl methyl sites for hydroxylation is 1. The molecule has 0 aliphatic carbocycles. The van der Waals surface area contributed by atoms with Gasteiger partial charge in [0.25, 0.3) is 0 Å². The number of aromatic hydroxyl groups is 1. The van der Waals surface area contributed by atoms with E-state index in [0.717, 1.165) is 16.9 Å². The first kappa shape index (κ1) is 19.1. The van der Waals surface area contributed by atoms with Crippen LogP contribution in [0, 0.1) is 12.3 Å². The maximum absolute atomic E-state index is 13.8. The van der Waals surface area contributed by atoms with Crippen molar-refractivity contribution in [3.8, 4) is 5.75 Å². The maximum Gasteiger partial charge on any atom is 0.305 e. The minimum Gasteiger partial charge on any atom is -0.508 e. The van der Waals surface area contributed by atoms with Crippen LogP contribution < -0.4 is 9.77 Å². The largest absolute Gasteiger partial charge is 0.508 e. The second kappa shape index (κ2) is 6.85. The molecule has 1 fully saturated rings. The highest BCUT2D eigenvalue weighted by Gasteiger charge is 2.60.